The van der Waals surface area contributed by atoms with E-state index < -0.39 is 17.8 Å². The van der Waals surface area contributed by atoms with Crippen molar-refractivity contribution in [1.82, 2.24) is 5.32 Å². The standard InChI is InChI=1S/C28H24BrN3O7/c1-16-4-6-18(7-5-16)30-24(33)15-39-25-22(29)13-17(14-23(25)38-3)12-21-26(34)31-28(36)32(27(21)35)19-8-10-20(37-2)11-9-19/h4-14H,15H2,1-3H3,(H,30,33)(H,31,34,36)/b21-12+. The molecule has 0 spiro atoms. The van der Waals surface area contributed by atoms with Crippen molar-refractivity contribution < 1.29 is 33.4 Å². The topological polar surface area (TPSA) is 123 Å². The molecule has 0 aromatic heterocycles. The molecule has 0 bridgehead atoms. The predicted molar refractivity (Wildman–Crippen MR) is 148 cm³/mol. The number of halogens is 1. The van der Waals surface area contributed by atoms with Crippen LogP contribution >= 0.6 is 15.9 Å². The largest absolute Gasteiger partial charge is 0.497 e. The summed E-state index contributed by atoms with van der Waals surface area (Å²) in [7, 11) is 2.91. The summed E-state index contributed by atoms with van der Waals surface area (Å²) in [6.45, 7) is 1.66. The molecular weight excluding hydrogens is 570 g/mol. The second-order valence-electron chi connectivity index (χ2n) is 8.39. The van der Waals surface area contributed by atoms with Crippen LogP contribution in [0.15, 0.2) is 70.7 Å². The number of ether oxygens (including phenoxy) is 3. The quantitative estimate of drug-likeness (QED) is 0.292. The maximum atomic E-state index is 13.2. The van der Waals surface area contributed by atoms with Gasteiger partial charge in [-0.2, -0.15) is 0 Å². The molecule has 1 saturated heterocycles. The molecule has 1 fully saturated rings. The van der Waals surface area contributed by atoms with Crippen LogP contribution in [-0.2, 0) is 14.4 Å². The van der Waals surface area contributed by atoms with E-state index in [0.717, 1.165) is 10.5 Å². The third kappa shape index (κ3) is 6.27. The van der Waals surface area contributed by atoms with E-state index in [1.165, 1.54) is 32.4 Å². The number of hydrogen-bond donors (Lipinski definition) is 2. The number of carbonyl (C=O) groups is 4. The first-order valence-electron chi connectivity index (χ1n) is 11.6. The smallest absolute Gasteiger partial charge is 0.335 e. The molecule has 3 aromatic rings. The van der Waals surface area contributed by atoms with Gasteiger partial charge in [0.2, 0.25) is 0 Å². The fourth-order valence-electron chi connectivity index (χ4n) is 3.72. The van der Waals surface area contributed by atoms with Crippen LogP contribution in [-0.4, -0.2) is 44.6 Å². The van der Waals surface area contributed by atoms with Crippen LogP contribution in [0.25, 0.3) is 6.08 Å². The highest BCUT2D eigenvalue weighted by Gasteiger charge is 2.37. The summed E-state index contributed by atoms with van der Waals surface area (Å²) < 4.78 is 16.7. The summed E-state index contributed by atoms with van der Waals surface area (Å²) in [5, 5.41) is 4.93. The number of amides is 5. The summed E-state index contributed by atoms with van der Waals surface area (Å²) in [5.41, 5.74) is 2.13. The van der Waals surface area contributed by atoms with Gasteiger partial charge in [0.15, 0.2) is 18.1 Å². The Hall–Kier alpha value is -4.64. The molecule has 1 aliphatic heterocycles. The molecule has 10 nitrogen and oxygen atoms in total. The summed E-state index contributed by atoms with van der Waals surface area (Å²) in [4.78, 5) is 51.5. The Morgan fingerprint density at radius 3 is 2.33 bits per heavy atom. The number of barbiturate groups is 1. The highest BCUT2D eigenvalue weighted by molar-refractivity contribution is 9.10. The van der Waals surface area contributed by atoms with Crippen molar-refractivity contribution in [3.63, 3.8) is 0 Å². The molecule has 4 rings (SSSR count). The average molecular weight is 594 g/mol. The second kappa shape index (κ2) is 11.8. The van der Waals surface area contributed by atoms with E-state index in [9.17, 15) is 19.2 Å². The number of imide groups is 2. The van der Waals surface area contributed by atoms with Crippen molar-refractivity contribution in [3.05, 3.63) is 81.8 Å². The number of hydrogen-bond acceptors (Lipinski definition) is 7. The zero-order valence-electron chi connectivity index (χ0n) is 21.2. The van der Waals surface area contributed by atoms with E-state index in [0.29, 0.717) is 21.5 Å². The number of nitrogens with zero attached hydrogens (tertiary/aromatic N) is 1. The Morgan fingerprint density at radius 2 is 1.69 bits per heavy atom. The zero-order valence-corrected chi connectivity index (χ0v) is 22.8. The molecule has 2 N–H and O–H groups in total. The first kappa shape index (κ1) is 27.4. The van der Waals surface area contributed by atoms with Crippen molar-refractivity contribution in [2.24, 2.45) is 0 Å². The minimum atomic E-state index is -0.862. The molecule has 0 aliphatic carbocycles. The lowest BCUT2D eigenvalue weighted by atomic mass is 10.1. The Balaban J connectivity index is 1.54. The van der Waals surface area contributed by atoms with Gasteiger partial charge in [-0.05, 0) is 83.0 Å². The van der Waals surface area contributed by atoms with Crippen LogP contribution in [0.5, 0.6) is 17.2 Å². The van der Waals surface area contributed by atoms with E-state index in [-0.39, 0.29) is 35.3 Å². The third-order valence-corrected chi connectivity index (χ3v) is 6.27. The molecule has 5 amide bonds. The van der Waals surface area contributed by atoms with Crippen LogP contribution in [0.2, 0.25) is 0 Å². The lowest BCUT2D eigenvalue weighted by molar-refractivity contribution is -0.122. The molecule has 1 aliphatic rings. The monoisotopic (exact) mass is 593 g/mol. The van der Waals surface area contributed by atoms with E-state index >= 15 is 0 Å². The maximum absolute atomic E-state index is 13.2. The average Bonchev–Trinajstić information content (AvgIpc) is 2.91. The second-order valence-corrected chi connectivity index (χ2v) is 9.25. The number of nitrogens with one attached hydrogen (secondary N) is 2. The Labute approximate surface area is 232 Å². The maximum Gasteiger partial charge on any atom is 0.335 e. The fourth-order valence-corrected chi connectivity index (χ4v) is 4.30. The molecule has 0 atom stereocenters. The predicted octanol–water partition coefficient (Wildman–Crippen LogP) is 4.46. The molecule has 11 heteroatoms. The van der Waals surface area contributed by atoms with Crippen molar-refractivity contribution in [3.8, 4) is 17.2 Å². The van der Waals surface area contributed by atoms with Crippen LogP contribution in [0, 0.1) is 6.92 Å². The number of carbonyl (C=O) groups excluding carboxylic acids is 4. The lowest BCUT2D eigenvalue weighted by Crippen LogP contribution is -2.54. The van der Waals surface area contributed by atoms with Gasteiger partial charge >= 0.3 is 6.03 Å². The van der Waals surface area contributed by atoms with Crippen molar-refractivity contribution >= 4 is 57.1 Å². The van der Waals surface area contributed by atoms with Gasteiger partial charge in [0, 0.05) is 5.69 Å². The van der Waals surface area contributed by atoms with Crippen molar-refractivity contribution in [2.45, 2.75) is 6.92 Å². The van der Waals surface area contributed by atoms with Crippen LogP contribution in [0.4, 0.5) is 16.2 Å². The van der Waals surface area contributed by atoms with Gasteiger partial charge in [0.1, 0.15) is 11.3 Å². The molecule has 39 heavy (non-hydrogen) atoms. The van der Waals surface area contributed by atoms with Gasteiger partial charge in [0.05, 0.1) is 24.4 Å². The Bertz CT molecular complexity index is 1470. The summed E-state index contributed by atoms with van der Waals surface area (Å²) in [6, 6.07) is 15.9. The summed E-state index contributed by atoms with van der Waals surface area (Å²) >= 11 is 3.40. The zero-order chi connectivity index (χ0) is 28.1. The summed E-state index contributed by atoms with van der Waals surface area (Å²) in [5.74, 6) is -0.941. The van der Waals surface area contributed by atoms with Gasteiger partial charge in [0.25, 0.3) is 17.7 Å². The first-order chi connectivity index (χ1) is 18.7. The number of anilines is 2. The normalized spacial score (nSPS) is 14.2. The van der Waals surface area contributed by atoms with Gasteiger partial charge in [-0.3, -0.25) is 19.7 Å². The SMILES string of the molecule is COc1ccc(N2C(=O)NC(=O)/C(=C\c3cc(Br)c(OCC(=O)Nc4ccc(C)cc4)c(OC)c3)C2=O)cc1. The fraction of sp³-hybridized carbons (Fsp3) is 0.143. The highest BCUT2D eigenvalue weighted by Crippen LogP contribution is 2.37. The van der Waals surface area contributed by atoms with Crippen LogP contribution in [0.3, 0.4) is 0 Å². The van der Waals surface area contributed by atoms with Crippen LogP contribution < -0.4 is 29.7 Å². The third-order valence-electron chi connectivity index (χ3n) is 5.68. The van der Waals surface area contributed by atoms with Crippen LogP contribution in [0.1, 0.15) is 11.1 Å². The minimum absolute atomic E-state index is 0.256. The molecule has 3 aromatic carbocycles. The molecule has 0 unspecified atom stereocenters. The van der Waals surface area contributed by atoms with E-state index in [2.05, 4.69) is 26.6 Å². The molecular formula is C28H24BrN3O7. The number of rotatable bonds is 8. The van der Waals surface area contributed by atoms with Crippen molar-refractivity contribution in [1.29, 1.82) is 0 Å². The van der Waals surface area contributed by atoms with Gasteiger partial charge in [-0.1, -0.05) is 17.7 Å². The molecule has 0 saturated carbocycles. The van der Waals surface area contributed by atoms with E-state index in [1.54, 1.807) is 36.4 Å². The van der Waals surface area contributed by atoms with Gasteiger partial charge in [-0.25, -0.2) is 9.69 Å². The number of methoxy groups -OCH3 is 2. The summed E-state index contributed by atoms with van der Waals surface area (Å²) in [6.07, 6.45) is 1.34. The first-order valence-corrected chi connectivity index (χ1v) is 12.4. The minimum Gasteiger partial charge on any atom is -0.497 e. The molecule has 1 heterocycles. The number of aryl methyl sites for hydroxylation is 1. The number of urea groups is 1. The number of benzene rings is 3. The van der Waals surface area contributed by atoms with Gasteiger partial charge in [-0.15, -0.1) is 0 Å². The highest BCUT2D eigenvalue weighted by atomic mass is 79.9. The van der Waals surface area contributed by atoms with Crippen molar-refractivity contribution in [2.75, 3.05) is 31.0 Å². The van der Waals surface area contributed by atoms with Gasteiger partial charge < -0.3 is 19.5 Å². The molecule has 0 radical (unpaired) electrons. The van der Waals surface area contributed by atoms with E-state index in [4.69, 9.17) is 14.2 Å². The Morgan fingerprint density at radius 1 is 1.00 bits per heavy atom. The lowest BCUT2D eigenvalue weighted by Gasteiger charge is -2.26. The molecule has 200 valence electrons. The van der Waals surface area contributed by atoms with E-state index in [1.807, 2.05) is 19.1 Å². The Kier molecular flexibility index (Phi) is 8.30.